The first-order chi connectivity index (χ1) is 10.3. The third kappa shape index (κ3) is 4.18. The monoisotopic (exact) mass is 285 g/mol. The molecule has 0 radical (unpaired) electrons. The lowest BCUT2D eigenvalue weighted by molar-refractivity contribution is 0.452. The van der Waals surface area contributed by atoms with Gasteiger partial charge in [0.2, 0.25) is 0 Å². The normalized spacial score (nSPS) is 12.5. The zero-order valence-corrected chi connectivity index (χ0v) is 13.5. The number of aromatic nitrogens is 2. The first-order valence-corrected chi connectivity index (χ1v) is 8.05. The fraction of sp³-hybridized carbons (Fsp3) is 0.500. The smallest absolute Gasteiger partial charge is 0.108 e. The molecule has 3 nitrogen and oxygen atoms in total. The van der Waals surface area contributed by atoms with Crippen molar-refractivity contribution in [3.8, 4) is 0 Å². The quantitative estimate of drug-likeness (QED) is 0.797. The number of nitrogens with zero attached hydrogens (tertiary/aromatic N) is 2. The highest BCUT2D eigenvalue weighted by molar-refractivity contribution is 5.28. The number of nitrogens with one attached hydrogen (secondary N) is 1. The minimum Gasteiger partial charge on any atom is -0.333 e. The number of rotatable bonds is 8. The summed E-state index contributed by atoms with van der Waals surface area (Å²) in [4.78, 5) is 4.49. The van der Waals surface area contributed by atoms with Crippen LogP contribution in [0.2, 0.25) is 0 Å². The summed E-state index contributed by atoms with van der Waals surface area (Å²) >= 11 is 0. The van der Waals surface area contributed by atoms with Crippen molar-refractivity contribution < 1.29 is 0 Å². The Hall–Kier alpha value is -1.61. The van der Waals surface area contributed by atoms with Crippen LogP contribution in [0.5, 0.6) is 0 Å². The molecule has 0 bridgehead atoms. The number of hydrogen-bond donors (Lipinski definition) is 1. The molecular weight excluding hydrogens is 258 g/mol. The van der Waals surface area contributed by atoms with E-state index in [9.17, 15) is 0 Å². The highest BCUT2D eigenvalue weighted by Gasteiger charge is 2.15. The van der Waals surface area contributed by atoms with Gasteiger partial charge in [0.05, 0.1) is 6.04 Å². The molecule has 0 fully saturated rings. The van der Waals surface area contributed by atoms with Gasteiger partial charge in [-0.05, 0) is 37.4 Å². The molecule has 2 rings (SSSR count). The molecule has 3 heteroatoms. The Morgan fingerprint density at radius 2 is 2.00 bits per heavy atom. The third-order valence-electron chi connectivity index (χ3n) is 3.86. The number of hydrogen-bond acceptors (Lipinski definition) is 2. The van der Waals surface area contributed by atoms with E-state index in [0.29, 0.717) is 6.04 Å². The van der Waals surface area contributed by atoms with Gasteiger partial charge in [-0.3, -0.25) is 0 Å². The Bertz CT molecular complexity index is 545. The Balaban J connectivity index is 2.20. The minimum absolute atomic E-state index is 0.343. The van der Waals surface area contributed by atoms with Crippen molar-refractivity contribution in [2.45, 2.75) is 52.6 Å². The number of aryl methyl sites for hydroxylation is 2. The van der Waals surface area contributed by atoms with Crippen molar-refractivity contribution in [2.24, 2.45) is 0 Å². The Kier molecular flexibility index (Phi) is 6.00. The van der Waals surface area contributed by atoms with Gasteiger partial charge in [-0.25, -0.2) is 4.98 Å². The first-order valence-electron chi connectivity index (χ1n) is 8.05. The van der Waals surface area contributed by atoms with Crippen LogP contribution in [0.15, 0.2) is 36.7 Å². The first kappa shape index (κ1) is 15.8. The van der Waals surface area contributed by atoms with Crippen LogP contribution in [-0.4, -0.2) is 16.1 Å². The van der Waals surface area contributed by atoms with Crippen LogP contribution in [0.25, 0.3) is 0 Å². The molecule has 0 aliphatic heterocycles. The Morgan fingerprint density at radius 1 is 1.19 bits per heavy atom. The van der Waals surface area contributed by atoms with Crippen LogP contribution < -0.4 is 5.32 Å². The summed E-state index contributed by atoms with van der Waals surface area (Å²) < 4.78 is 2.29. The van der Waals surface area contributed by atoms with Gasteiger partial charge in [0.1, 0.15) is 5.82 Å². The van der Waals surface area contributed by atoms with Crippen molar-refractivity contribution in [3.05, 3.63) is 53.6 Å². The largest absolute Gasteiger partial charge is 0.333 e. The van der Waals surface area contributed by atoms with E-state index in [2.05, 4.69) is 66.1 Å². The molecule has 0 aliphatic carbocycles. The van der Waals surface area contributed by atoms with Crippen LogP contribution in [0.4, 0.5) is 0 Å². The maximum absolute atomic E-state index is 4.49. The van der Waals surface area contributed by atoms with Crippen LogP contribution in [0, 0.1) is 6.92 Å². The van der Waals surface area contributed by atoms with Gasteiger partial charge in [0.25, 0.3) is 0 Å². The lowest BCUT2D eigenvalue weighted by Crippen LogP contribution is -2.27. The summed E-state index contributed by atoms with van der Waals surface area (Å²) in [5.41, 5.74) is 2.74. The van der Waals surface area contributed by atoms with Crippen LogP contribution >= 0.6 is 0 Å². The molecule has 0 saturated heterocycles. The molecule has 114 valence electrons. The molecule has 1 unspecified atom stereocenters. The molecule has 2 aromatic rings. The standard InChI is InChI=1S/C18H27N3/c1-4-8-18-20-12-13-21(18)14-17(19-11-5-2)16-10-7-6-9-15(16)3/h6-7,9-10,12-13,17,19H,4-5,8,11,14H2,1-3H3. The van der Waals surface area contributed by atoms with Crippen molar-refractivity contribution in [3.63, 3.8) is 0 Å². The fourth-order valence-corrected chi connectivity index (χ4v) is 2.72. The van der Waals surface area contributed by atoms with E-state index in [-0.39, 0.29) is 0 Å². The summed E-state index contributed by atoms with van der Waals surface area (Å²) in [6.07, 6.45) is 7.34. The van der Waals surface area contributed by atoms with Gasteiger partial charge in [0.15, 0.2) is 0 Å². The van der Waals surface area contributed by atoms with Gasteiger partial charge in [-0.2, -0.15) is 0 Å². The maximum atomic E-state index is 4.49. The van der Waals surface area contributed by atoms with Gasteiger partial charge in [-0.1, -0.05) is 38.1 Å². The van der Waals surface area contributed by atoms with E-state index in [0.717, 1.165) is 32.4 Å². The van der Waals surface area contributed by atoms with Crippen molar-refractivity contribution in [1.82, 2.24) is 14.9 Å². The molecule has 0 saturated carbocycles. The predicted molar refractivity (Wildman–Crippen MR) is 88.4 cm³/mol. The highest BCUT2D eigenvalue weighted by Crippen LogP contribution is 2.20. The third-order valence-corrected chi connectivity index (χ3v) is 3.86. The molecule has 1 atom stereocenters. The molecule has 0 spiro atoms. The molecule has 1 N–H and O–H groups in total. The fourth-order valence-electron chi connectivity index (χ4n) is 2.72. The minimum atomic E-state index is 0.343. The topological polar surface area (TPSA) is 29.9 Å². The molecule has 21 heavy (non-hydrogen) atoms. The van der Waals surface area contributed by atoms with E-state index >= 15 is 0 Å². The highest BCUT2D eigenvalue weighted by atomic mass is 15.1. The van der Waals surface area contributed by atoms with Crippen LogP contribution in [0.1, 0.15) is 49.7 Å². The summed E-state index contributed by atoms with van der Waals surface area (Å²) in [6, 6.07) is 9.01. The average Bonchev–Trinajstić information content (AvgIpc) is 2.92. The predicted octanol–water partition coefficient (Wildman–Crippen LogP) is 3.88. The molecule has 0 aliphatic rings. The SMILES string of the molecule is CCCNC(Cn1ccnc1CCC)c1ccccc1C. The van der Waals surface area contributed by atoms with Crippen LogP contribution in [-0.2, 0) is 13.0 Å². The van der Waals surface area contributed by atoms with Gasteiger partial charge in [0, 0.05) is 25.4 Å². The lowest BCUT2D eigenvalue weighted by atomic mass is 10.0. The zero-order chi connectivity index (χ0) is 15.1. The average molecular weight is 285 g/mol. The second-order valence-corrected chi connectivity index (χ2v) is 5.61. The number of benzene rings is 1. The van der Waals surface area contributed by atoms with E-state index in [1.807, 2.05) is 6.20 Å². The van der Waals surface area contributed by atoms with Crippen molar-refractivity contribution in [1.29, 1.82) is 0 Å². The van der Waals surface area contributed by atoms with E-state index in [1.54, 1.807) is 0 Å². The Labute approximate surface area is 128 Å². The summed E-state index contributed by atoms with van der Waals surface area (Å²) in [6.45, 7) is 8.59. The molecule has 0 amide bonds. The molecular formula is C18H27N3. The zero-order valence-electron chi connectivity index (χ0n) is 13.5. The van der Waals surface area contributed by atoms with E-state index in [4.69, 9.17) is 0 Å². The lowest BCUT2D eigenvalue weighted by Gasteiger charge is -2.22. The second-order valence-electron chi connectivity index (χ2n) is 5.61. The summed E-state index contributed by atoms with van der Waals surface area (Å²) in [5, 5.41) is 3.69. The van der Waals surface area contributed by atoms with E-state index < -0.39 is 0 Å². The molecule has 1 aromatic heterocycles. The van der Waals surface area contributed by atoms with Crippen LogP contribution in [0.3, 0.4) is 0 Å². The van der Waals surface area contributed by atoms with Crippen molar-refractivity contribution in [2.75, 3.05) is 6.54 Å². The summed E-state index contributed by atoms with van der Waals surface area (Å²) in [7, 11) is 0. The van der Waals surface area contributed by atoms with Gasteiger partial charge in [-0.15, -0.1) is 0 Å². The van der Waals surface area contributed by atoms with Gasteiger partial charge >= 0.3 is 0 Å². The maximum Gasteiger partial charge on any atom is 0.108 e. The van der Waals surface area contributed by atoms with Gasteiger partial charge < -0.3 is 9.88 Å². The molecule has 1 aromatic carbocycles. The van der Waals surface area contributed by atoms with Crippen molar-refractivity contribution >= 4 is 0 Å². The molecule has 1 heterocycles. The number of imidazole rings is 1. The Morgan fingerprint density at radius 3 is 2.71 bits per heavy atom. The van der Waals surface area contributed by atoms with E-state index in [1.165, 1.54) is 17.0 Å². The summed E-state index contributed by atoms with van der Waals surface area (Å²) in [5.74, 6) is 1.19. The second kappa shape index (κ2) is 7.99.